The van der Waals surface area contributed by atoms with E-state index >= 15 is 0 Å². The van der Waals surface area contributed by atoms with Crippen molar-refractivity contribution in [3.63, 3.8) is 0 Å². The fourth-order valence-electron chi connectivity index (χ4n) is 6.24. The summed E-state index contributed by atoms with van der Waals surface area (Å²) in [5, 5.41) is 20.5. The fourth-order valence-corrected chi connectivity index (χ4v) is 6.24. The minimum atomic E-state index is -0.123. The molecule has 4 unspecified atom stereocenters. The van der Waals surface area contributed by atoms with E-state index in [0.717, 1.165) is 50.5 Å². The third-order valence-corrected chi connectivity index (χ3v) is 7.40. The molecule has 0 aromatic rings. The van der Waals surface area contributed by atoms with E-state index in [2.05, 4.69) is 6.92 Å². The summed E-state index contributed by atoms with van der Waals surface area (Å²) in [6, 6.07) is 0. The molecule has 0 spiro atoms. The summed E-state index contributed by atoms with van der Waals surface area (Å²) in [6.07, 6.45) is 7.72. The predicted molar refractivity (Wildman–Crippen MR) is 79.7 cm³/mol. The normalized spacial score (nSPS) is 49.6. The van der Waals surface area contributed by atoms with Gasteiger partial charge in [-0.2, -0.15) is 0 Å². The molecule has 3 nitrogen and oxygen atoms in total. The van der Waals surface area contributed by atoms with E-state index < -0.39 is 0 Å². The second-order valence-electron chi connectivity index (χ2n) is 8.05. The number of carbonyl (C=O) groups is 1. The van der Waals surface area contributed by atoms with Gasteiger partial charge >= 0.3 is 0 Å². The number of aliphatic hydroxyl groups is 2. The van der Waals surface area contributed by atoms with Crippen LogP contribution in [0.5, 0.6) is 0 Å². The highest BCUT2D eigenvalue weighted by Gasteiger charge is 2.56. The molecule has 0 saturated heterocycles. The summed E-state index contributed by atoms with van der Waals surface area (Å²) in [5.41, 5.74) is 1.18. The van der Waals surface area contributed by atoms with Crippen LogP contribution in [0.15, 0.2) is 11.3 Å². The summed E-state index contributed by atoms with van der Waals surface area (Å²) < 4.78 is 0. The summed E-state index contributed by atoms with van der Waals surface area (Å²) in [6.45, 7) is 2.29. The largest absolute Gasteiger partial charge is 0.504 e. The monoisotopic (exact) mass is 290 g/mol. The van der Waals surface area contributed by atoms with Gasteiger partial charge in [-0.1, -0.05) is 6.92 Å². The summed E-state index contributed by atoms with van der Waals surface area (Å²) in [7, 11) is 0. The van der Waals surface area contributed by atoms with Gasteiger partial charge < -0.3 is 10.2 Å². The Bertz CT molecular complexity index is 509. The Labute approximate surface area is 126 Å². The molecule has 0 heterocycles. The lowest BCUT2D eigenvalue weighted by molar-refractivity contribution is -0.120. The van der Waals surface area contributed by atoms with Crippen molar-refractivity contribution in [1.29, 1.82) is 0 Å². The van der Waals surface area contributed by atoms with Gasteiger partial charge in [0.25, 0.3) is 0 Å². The van der Waals surface area contributed by atoms with Crippen LogP contribution in [0, 0.1) is 29.1 Å². The van der Waals surface area contributed by atoms with Crippen LogP contribution in [0.2, 0.25) is 0 Å². The van der Waals surface area contributed by atoms with E-state index in [1.165, 1.54) is 0 Å². The van der Waals surface area contributed by atoms with Crippen LogP contribution in [-0.2, 0) is 4.79 Å². The van der Waals surface area contributed by atoms with Crippen molar-refractivity contribution in [2.45, 2.75) is 64.4 Å². The Morgan fingerprint density at radius 2 is 1.86 bits per heavy atom. The molecular weight excluding hydrogens is 264 g/mol. The van der Waals surface area contributed by atoms with E-state index in [-0.39, 0.29) is 23.1 Å². The first-order valence-corrected chi connectivity index (χ1v) is 8.65. The van der Waals surface area contributed by atoms with E-state index in [1.54, 1.807) is 0 Å². The van der Waals surface area contributed by atoms with E-state index in [9.17, 15) is 15.0 Å². The third-order valence-electron chi connectivity index (χ3n) is 7.40. The van der Waals surface area contributed by atoms with Gasteiger partial charge in [-0.15, -0.1) is 0 Å². The Morgan fingerprint density at radius 1 is 1.05 bits per heavy atom. The van der Waals surface area contributed by atoms with Crippen LogP contribution < -0.4 is 0 Å². The van der Waals surface area contributed by atoms with Crippen molar-refractivity contribution in [1.82, 2.24) is 0 Å². The standard InChI is InChI=1S/C18H26O3/c1-18-9-8-11-10-4-6-15(19)17(21)13(10)3-2-12(11)14(18)5-7-16(18)20/h10-12,14,16,20-21H,2-9H2,1H3/t10?,11?,12?,14?,16-,18-/m0/s1. The van der Waals surface area contributed by atoms with Crippen molar-refractivity contribution >= 4 is 5.78 Å². The molecule has 3 heteroatoms. The van der Waals surface area contributed by atoms with Crippen molar-refractivity contribution in [2.24, 2.45) is 29.1 Å². The molecule has 2 N–H and O–H groups in total. The molecule has 116 valence electrons. The average Bonchev–Trinajstić information content (AvgIpc) is 2.78. The zero-order chi connectivity index (χ0) is 14.8. The number of carbonyl (C=O) groups excluding carboxylic acids is 1. The van der Waals surface area contributed by atoms with Crippen LogP contribution in [0.1, 0.15) is 58.3 Å². The quantitative estimate of drug-likeness (QED) is 0.719. The second kappa shape index (κ2) is 4.58. The van der Waals surface area contributed by atoms with Gasteiger partial charge in [-0.05, 0) is 79.6 Å². The molecule has 0 aromatic heterocycles. The molecule has 4 rings (SSSR count). The van der Waals surface area contributed by atoms with Gasteiger partial charge in [0, 0.05) is 6.42 Å². The molecule has 0 aliphatic heterocycles. The van der Waals surface area contributed by atoms with E-state index in [0.29, 0.717) is 30.1 Å². The number of ketones is 1. The van der Waals surface area contributed by atoms with Gasteiger partial charge in [0.1, 0.15) is 0 Å². The van der Waals surface area contributed by atoms with Gasteiger partial charge in [-0.3, -0.25) is 4.79 Å². The fraction of sp³-hybridized carbons (Fsp3) is 0.833. The minimum absolute atomic E-state index is 0.0448. The zero-order valence-corrected chi connectivity index (χ0v) is 12.8. The van der Waals surface area contributed by atoms with Crippen LogP contribution >= 0.6 is 0 Å². The molecule has 4 aliphatic rings. The topological polar surface area (TPSA) is 57.5 Å². The zero-order valence-electron chi connectivity index (χ0n) is 12.8. The summed E-state index contributed by atoms with van der Waals surface area (Å²) >= 11 is 0. The molecule has 0 aromatic carbocycles. The highest BCUT2D eigenvalue weighted by molar-refractivity contribution is 5.94. The van der Waals surface area contributed by atoms with Crippen LogP contribution in [-0.4, -0.2) is 22.1 Å². The number of hydrogen-bond acceptors (Lipinski definition) is 3. The van der Waals surface area contributed by atoms with Gasteiger partial charge in [0.15, 0.2) is 11.5 Å². The maximum atomic E-state index is 11.7. The molecule has 3 saturated carbocycles. The molecule has 0 amide bonds. The first-order chi connectivity index (χ1) is 10.0. The molecule has 3 fully saturated rings. The van der Waals surface area contributed by atoms with E-state index in [4.69, 9.17) is 0 Å². The van der Waals surface area contributed by atoms with Crippen molar-refractivity contribution in [3.8, 4) is 0 Å². The minimum Gasteiger partial charge on any atom is -0.504 e. The number of allylic oxidation sites excluding steroid dienone is 1. The first kappa shape index (κ1) is 13.8. The number of hydrogen-bond donors (Lipinski definition) is 2. The number of fused-ring (bicyclic) bond motifs is 5. The number of Topliss-reactive ketones (excluding diaryl/α,β-unsaturated/α-hetero) is 1. The van der Waals surface area contributed by atoms with Gasteiger partial charge in [0.2, 0.25) is 0 Å². The van der Waals surface area contributed by atoms with Crippen molar-refractivity contribution in [2.75, 3.05) is 0 Å². The highest BCUT2D eigenvalue weighted by atomic mass is 16.3. The Hall–Kier alpha value is -0.830. The maximum absolute atomic E-state index is 11.7. The predicted octanol–water partition coefficient (Wildman–Crippen LogP) is 3.37. The summed E-state index contributed by atoms with van der Waals surface area (Å²) in [4.78, 5) is 11.7. The molecular formula is C18H26O3. The highest BCUT2D eigenvalue weighted by Crippen LogP contribution is 2.61. The molecule has 21 heavy (non-hydrogen) atoms. The number of aliphatic hydroxyl groups excluding tert-OH is 2. The SMILES string of the molecule is C[C@]12CCC3C4CCC(=O)C(O)=C4CCC3C1CC[C@@H]2O. The third kappa shape index (κ3) is 1.79. The van der Waals surface area contributed by atoms with Crippen molar-refractivity contribution in [3.05, 3.63) is 11.3 Å². The first-order valence-electron chi connectivity index (χ1n) is 8.65. The summed E-state index contributed by atoms with van der Waals surface area (Å²) in [5.74, 6) is 2.46. The lowest BCUT2D eigenvalue weighted by Crippen LogP contribution is -2.47. The molecule has 4 aliphatic carbocycles. The smallest absolute Gasteiger partial charge is 0.197 e. The lowest BCUT2D eigenvalue weighted by atomic mass is 9.52. The molecule has 0 radical (unpaired) electrons. The van der Waals surface area contributed by atoms with Gasteiger partial charge in [0.05, 0.1) is 6.10 Å². The average molecular weight is 290 g/mol. The van der Waals surface area contributed by atoms with Crippen molar-refractivity contribution < 1.29 is 15.0 Å². The van der Waals surface area contributed by atoms with Crippen LogP contribution in [0.3, 0.4) is 0 Å². The Morgan fingerprint density at radius 3 is 2.67 bits per heavy atom. The molecule has 0 bridgehead atoms. The number of rotatable bonds is 0. The maximum Gasteiger partial charge on any atom is 0.197 e. The van der Waals surface area contributed by atoms with Gasteiger partial charge in [-0.25, -0.2) is 0 Å². The molecule has 6 atom stereocenters. The van der Waals surface area contributed by atoms with E-state index in [1.807, 2.05) is 0 Å². The Kier molecular flexibility index (Phi) is 3.01. The lowest BCUT2D eigenvalue weighted by Gasteiger charge is -2.53. The van der Waals surface area contributed by atoms with Crippen LogP contribution in [0.25, 0.3) is 0 Å². The Balaban J connectivity index is 1.66. The second-order valence-corrected chi connectivity index (χ2v) is 8.05. The van der Waals surface area contributed by atoms with Crippen LogP contribution in [0.4, 0.5) is 0 Å².